The van der Waals surface area contributed by atoms with Crippen LogP contribution in [0.5, 0.6) is 17.2 Å². The number of methoxy groups -OCH3 is 2. The van der Waals surface area contributed by atoms with Crippen LogP contribution < -0.4 is 14.2 Å². The number of nitrogens with zero attached hydrogens (tertiary/aromatic N) is 5. The van der Waals surface area contributed by atoms with Crippen LogP contribution in [0.15, 0.2) is 59.7 Å². The summed E-state index contributed by atoms with van der Waals surface area (Å²) in [6, 6.07) is 11.3. The molecule has 2 aliphatic rings. The molecule has 2 aromatic carbocycles. The van der Waals surface area contributed by atoms with E-state index in [2.05, 4.69) is 15.3 Å². The molecule has 0 unspecified atom stereocenters. The van der Waals surface area contributed by atoms with Gasteiger partial charge in [0.25, 0.3) is 5.91 Å². The first-order valence-corrected chi connectivity index (χ1v) is 11.6. The lowest BCUT2D eigenvalue weighted by atomic mass is 10.1. The Balaban J connectivity index is 1.22. The third-order valence-electron chi connectivity index (χ3n) is 6.16. The maximum atomic E-state index is 13.0. The van der Waals surface area contributed by atoms with E-state index in [4.69, 9.17) is 14.2 Å². The van der Waals surface area contributed by atoms with Crippen LogP contribution in [0.25, 0.3) is 11.3 Å². The van der Waals surface area contributed by atoms with Crippen molar-refractivity contribution in [2.45, 2.75) is 25.4 Å². The molecule has 9 heteroatoms. The van der Waals surface area contributed by atoms with Gasteiger partial charge in [-0.05, 0) is 37.1 Å². The van der Waals surface area contributed by atoms with Crippen LogP contribution in [0.3, 0.4) is 0 Å². The predicted molar refractivity (Wildman–Crippen MR) is 132 cm³/mol. The molecule has 2 aliphatic heterocycles. The standard InChI is InChI=1S/C26H27N5O4/c1-33-20-9-5-7-18(13-20)23-17-30(29-28-23)10-3-4-12-35-25-15-22-21(14-24(25)34-2)26(32)31-11-6-8-19(31)16-27-22/h3-5,7,9,13-17,19H,6,8,10-12H2,1-2H3/b4-3+/t19-/m0/s1. The van der Waals surface area contributed by atoms with Crippen LogP contribution in [0.2, 0.25) is 0 Å². The lowest BCUT2D eigenvalue weighted by molar-refractivity contribution is 0.0774. The number of aliphatic imine (C=N–C) groups is 1. The molecule has 0 spiro atoms. The molecule has 1 amide bonds. The number of ether oxygens (including phenoxy) is 3. The first-order chi connectivity index (χ1) is 17.2. The Labute approximate surface area is 203 Å². The van der Waals surface area contributed by atoms with Crippen LogP contribution >= 0.6 is 0 Å². The summed E-state index contributed by atoms with van der Waals surface area (Å²) in [6.45, 7) is 1.64. The van der Waals surface area contributed by atoms with Gasteiger partial charge in [-0.2, -0.15) is 0 Å². The van der Waals surface area contributed by atoms with Crippen molar-refractivity contribution in [3.05, 3.63) is 60.3 Å². The van der Waals surface area contributed by atoms with Gasteiger partial charge in [-0.1, -0.05) is 23.4 Å². The Morgan fingerprint density at radius 2 is 2.03 bits per heavy atom. The molecular weight excluding hydrogens is 446 g/mol. The Hall–Kier alpha value is -4.14. The number of carbonyl (C=O) groups excluding carboxylic acids is 1. The van der Waals surface area contributed by atoms with Crippen molar-refractivity contribution in [2.24, 2.45) is 4.99 Å². The van der Waals surface area contributed by atoms with Gasteiger partial charge in [-0.15, -0.1) is 5.10 Å². The minimum atomic E-state index is -0.00843. The second-order valence-corrected chi connectivity index (χ2v) is 8.35. The van der Waals surface area contributed by atoms with Gasteiger partial charge in [0.1, 0.15) is 18.1 Å². The van der Waals surface area contributed by atoms with E-state index in [1.165, 1.54) is 0 Å². The molecule has 0 radical (unpaired) electrons. The third-order valence-corrected chi connectivity index (χ3v) is 6.16. The van der Waals surface area contributed by atoms with Crippen molar-refractivity contribution >= 4 is 17.8 Å². The quantitative estimate of drug-likeness (QED) is 0.461. The normalized spacial score (nSPS) is 16.8. The van der Waals surface area contributed by atoms with Crippen LogP contribution in [-0.2, 0) is 6.54 Å². The number of allylic oxidation sites excluding steroid dienone is 1. The van der Waals surface area contributed by atoms with E-state index in [1.54, 1.807) is 31.0 Å². The van der Waals surface area contributed by atoms with Gasteiger partial charge in [0.15, 0.2) is 11.5 Å². The van der Waals surface area contributed by atoms with Crippen LogP contribution in [0.4, 0.5) is 5.69 Å². The van der Waals surface area contributed by atoms with E-state index in [1.807, 2.05) is 53.7 Å². The summed E-state index contributed by atoms with van der Waals surface area (Å²) in [4.78, 5) is 19.4. The average Bonchev–Trinajstić information content (AvgIpc) is 3.54. The minimum Gasteiger partial charge on any atom is -0.497 e. The van der Waals surface area contributed by atoms with Crippen molar-refractivity contribution in [3.63, 3.8) is 0 Å². The highest BCUT2D eigenvalue weighted by Crippen LogP contribution is 2.38. The smallest absolute Gasteiger partial charge is 0.256 e. The maximum absolute atomic E-state index is 13.0. The van der Waals surface area contributed by atoms with Crippen LogP contribution in [0.1, 0.15) is 23.2 Å². The predicted octanol–water partition coefficient (Wildman–Crippen LogP) is 3.92. The van der Waals surface area contributed by atoms with Crippen molar-refractivity contribution < 1.29 is 19.0 Å². The van der Waals surface area contributed by atoms with Gasteiger partial charge in [0, 0.05) is 24.4 Å². The number of aromatic nitrogens is 3. The number of benzene rings is 2. The zero-order valence-electron chi connectivity index (χ0n) is 19.8. The number of amides is 1. The first kappa shape index (κ1) is 22.6. The molecule has 9 nitrogen and oxygen atoms in total. The molecule has 3 aromatic rings. The van der Waals surface area contributed by atoms with Gasteiger partial charge >= 0.3 is 0 Å². The summed E-state index contributed by atoms with van der Waals surface area (Å²) >= 11 is 0. The van der Waals surface area contributed by atoms with E-state index >= 15 is 0 Å². The second kappa shape index (κ2) is 10.0. The summed E-state index contributed by atoms with van der Waals surface area (Å²) in [5.41, 5.74) is 2.87. The summed E-state index contributed by atoms with van der Waals surface area (Å²) in [6.07, 6.45) is 9.56. The molecular formula is C26H27N5O4. The largest absolute Gasteiger partial charge is 0.497 e. The molecule has 1 fully saturated rings. The zero-order chi connectivity index (χ0) is 24.2. The summed E-state index contributed by atoms with van der Waals surface area (Å²) in [7, 11) is 3.21. The average molecular weight is 474 g/mol. The number of fused-ring (bicyclic) bond motifs is 2. The van der Waals surface area contributed by atoms with Gasteiger partial charge < -0.3 is 19.1 Å². The highest BCUT2D eigenvalue weighted by molar-refractivity contribution is 6.03. The van der Waals surface area contributed by atoms with E-state index in [9.17, 15) is 4.79 Å². The molecule has 1 saturated heterocycles. The van der Waals surface area contributed by atoms with Gasteiger partial charge in [-0.25, -0.2) is 4.68 Å². The van der Waals surface area contributed by atoms with Crippen LogP contribution in [-0.4, -0.2) is 65.4 Å². The molecule has 1 atom stereocenters. The molecule has 5 rings (SSSR count). The van der Waals surface area contributed by atoms with Crippen molar-refractivity contribution in [1.29, 1.82) is 0 Å². The Morgan fingerprint density at radius 3 is 2.89 bits per heavy atom. The summed E-state index contributed by atoms with van der Waals surface area (Å²) < 4.78 is 18.5. The molecule has 0 saturated carbocycles. The second-order valence-electron chi connectivity index (χ2n) is 8.35. The Bertz CT molecular complexity index is 1280. The van der Waals surface area contributed by atoms with E-state index in [0.29, 0.717) is 35.9 Å². The highest BCUT2D eigenvalue weighted by Gasteiger charge is 2.32. The van der Waals surface area contributed by atoms with E-state index in [0.717, 1.165) is 36.4 Å². The Morgan fingerprint density at radius 1 is 1.11 bits per heavy atom. The number of carbonyl (C=O) groups is 1. The monoisotopic (exact) mass is 473 g/mol. The van der Waals surface area contributed by atoms with Crippen molar-refractivity contribution in [1.82, 2.24) is 19.9 Å². The van der Waals surface area contributed by atoms with Gasteiger partial charge in [0.05, 0.1) is 44.3 Å². The Kier molecular flexibility index (Phi) is 6.47. The number of rotatable bonds is 8. The minimum absolute atomic E-state index is 0.00843. The fraction of sp³-hybridized carbons (Fsp3) is 0.308. The highest BCUT2D eigenvalue weighted by atomic mass is 16.5. The topological polar surface area (TPSA) is 91.1 Å². The fourth-order valence-corrected chi connectivity index (χ4v) is 4.31. The van der Waals surface area contributed by atoms with Gasteiger partial charge in [-0.3, -0.25) is 9.79 Å². The maximum Gasteiger partial charge on any atom is 0.256 e. The van der Waals surface area contributed by atoms with E-state index in [-0.39, 0.29) is 11.9 Å². The summed E-state index contributed by atoms with van der Waals surface area (Å²) in [5, 5.41) is 8.42. The first-order valence-electron chi connectivity index (χ1n) is 11.6. The molecule has 0 aliphatic carbocycles. The molecule has 35 heavy (non-hydrogen) atoms. The van der Waals surface area contributed by atoms with Crippen molar-refractivity contribution in [2.75, 3.05) is 27.4 Å². The number of hydrogen-bond donors (Lipinski definition) is 0. The molecule has 0 bridgehead atoms. The van der Waals surface area contributed by atoms with Crippen molar-refractivity contribution in [3.8, 4) is 28.5 Å². The molecule has 180 valence electrons. The lowest BCUT2D eigenvalue weighted by Gasteiger charge is -2.20. The third kappa shape index (κ3) is 4.75. The van der Waals surface area contributed by atoms with Crippen LogP contribution in [0, 0.1) is 0 Å². The van der Waals surface area contributed by atoms with E-state index < -0.39 is 0 Å². The molecule has 1 aromatic heterocycles. The lowest BCUT2D eigenvalue weighted by Crippen LogP contribution is -2.35. The zero-order valence-corrected chi connectivity index (χ0v) is 19.8. The fourth-order valence-electron chi connectivity index (χ4n) is 4.31. The number of hydrogen-bond acceptors (Lipinski definition) is 7. The SMILES string of the molecule is COc1cccc(-c2cn(C/C=C/COc3cc4c(cc3OC)C(=O)N3CCC[C@H]3C=N4)nn2)c1. The molecule has 3 heterocycles. The molecule has 0 N–H and O–H groups in total. The summed E-state index contributed by atoms with van der Waals surface area (Å²) in [5.74, 6) is 1.82. The van der Waals surface area contributed by atoms with Gasteiger partial charge in [0.2, 0.25) is 0 Å².